The zero-order valence-electron chi connectivity index (χ0n) is 27.8. The van der Waals surface area contributed by atoms with Gasteiger partial charge in [-0.15, -0.1) is 0 Å². The Morgan fingerprint density at radius 1 is 0.708 bits per heavy atom. The van der Waals surface area contributed by atoms with Gasteiger partial charge in [-0.05, 0) is 123 Å². The first-order valence-corrected chi connectivity index (χ1v) is 20.5. The number of hydrogen-bond donors (Lipinski definition) is 5. The van der Waals surface area contributed by atoms with E-state index in [2.05, 4.69) is 26.7 Å². The van der Waals surface area contributed by atoms with Crippen LogP contribution in [0.15, 0.2) is 42.5 Å². The van der Waals surface area contributed by atoms with Gasteiger partial charge in [-0.1, -0.05) is 0 Å². The van der Waals surface area contributed by atoms with Crippen LogP contribution >= 0.6 is 35.3 Å². The van der Waals surface area contributed by atoms with Crippen LogP contribution < -0.4 is 16.4 Å². The van der Waals surface area contributed by atoms with E-state index in [9.17, 15) is 14.4 Å². The summed E-state index contributed by atoms with van der Waals surface area (Å²) in [4.78, 5) is 58.1. The SMILES string of the molecule is CSCC[C@H](NC(=O)[C@@H](N)CCSC)C(=O)N[C@@H](CCSC)C(=O)c1c2nc(cc3ccc(cc4nc(cc5ccc1[nH]5)CC4)[nH]3)CC2. The Balaban J connectivity index is 1.54. The van der Waals surface area contributed by atoms with Crippen LogP contribution in [0.4, 0.5) is 0 Å². The molecule has 5 heterocycles. The highest BCUT2D eigenvalue weighted by molar-refractivity contribution is 7.98. The molecule has 0 aliphatic carbocycles. The van der Waals surface area contributed by atoms with Gasteiger partial charge in [0, 0.05) is 33.6 Å². The molecule has 2 aliphatic rings. The predicted molar refractivity (Wildman–Crippen MR) is 201 cm³/mol. The fourth-order valence-corrected chi connectivity index (χ4v) is 7.33. The highest BCUT2D eigenvalue weighted by Gasteiger charge is 2.30. The van der Waals surface area contributed by atoms with Crippen molar-refractivity contribution in [1.82, 2.24) is 30.6 Å². The Bertz CT molecular complexity index is 1770. The molecule has 48 heavy (non-hydrogen) atoms. The van der Waals surface area contributed by atoms with Crippen molar-refractivity contribution in [2.24, 2.45) is 5.73 Å². The number of hydrogen-bond acceptors (Lipinski definition) is 9. The molecule has 256 valence electrons. The van der Waals surface area contributed by atoms with Gasteiger partial charge in [0.15, 0.2) is 5.78 Å². The lowest BCUT2D eigenvalue weighted by Gasteiger charge is -2.24. The lowest BCUT2D eigenvalue weighted by Crippen LogP contribution is -2.54. The lowest BCUT2D eigenvalue weighted by atomic mass is 9.98. The number of fused-ring (bicyclic) bond motifs is 8. The van der Waals surface area contributed by atoms with E-state index in [1.165, 1.54) is 0 Å². The van der Waals surface area contributed by atoms with Crippen molar-refractivity contribution < 1.29 is 14.4 Å². The maximum absolute atomic E-state index is 14.6. The monoisotopic (exact) mass is 707 g/mol. The Labute approximate surface area is 294 Å². The molecule has 2 amide bonds. The number of amides is 2. The number of Topliss-reactive ketones (excluding diaryl/α,β-unsaturated/α-hetero) is 1. The van der Waals surface area contributed by atoms with Crippen molar-refractivity contribution in [3.05, 3.63) is 70.8 Å². The maximum atomic E-state index is 14.6. The molecule has 0 unspecified atom stereocenters. The van der Waals surface area contributed by atoms with Gasteiger partial charge in [0.2, 0.25) is 11.8 Å². The van der Waals surface area contributed by atoms with Crippen LogP contribution in [0.3, 0.4) is 0 Å². The van der Waals surface area contributed by atoms with Gasteiger partial charge in [-0.25, -0.2) is 0 Å². The summed E-state index contributed by atoms with van der Waals surface area (Å²) in [5.41, 5.74) is 13.6. The summed E-state index contributed by atoms with van der Waals surface area (Å²) in [6, 6.07) is 11.7. The van der Waals surface area contributed by atoms with Crippen molar-refractivity contribution in [3.8, 4) is 0 Å². The van der Waals surface area contributed by atoms with Crippen LogP contribution in [0.25, 0.3) is 22.1 Å². The second-order valence-corrected chi connectivity index (χ2v) is 15.0. The second kappa shape index (κ2) is 17.4. The van der Waals surface area contributed by atoms with E-state index in [-0.39, 0.29) is 17.6 Å². The van der Waals surface area contributed by atoms with Crippen LogP contribution in [0.2, 0.25) is 0 Å². The smallest absolute Gasteiger partial charge is 0.243 e. The van der Waals surface area contributed by atoms with Crippen molar-refractivity contribution in [1.29, 1.82) is 0 Å². The average molecular weight is 708 g/mol. The van der Waals surface area contributed by atoms with Crippen molar-refractivity contribution in [2.45, 2.75) is 63.1 Å². The summed E-state index contributed by atoms with van der Waals surface area (Å²) < 4.78 is 0. The summed E-state index contributed by atoms with van der Waals surface area (Å²) in [5, 5.41) is 5.90. The van der Waals surface area contributed by atoms with Crippen LogP contribution in [0, 0.1) is 0 Å². The average Bonchev–Trinajstić information content (AvgIpc) is 3.90. The molecule has 10 nitrogen and oxygen atoms in total. The summed E-state index contributed by atoms with van der Waals surface area (Å²) in [7, 11) is 0. The molecular weight excluding hydrogens is 663 g/mol. The first-order valence-electron chi connectivity index (χ1n) is 16.3. The summed E-state index contributed by atoms with van der Waals surface area (Å²) in [6.45, 7) is 0. The first-order chi connectivity index (χ1) is 23.3. The predicted octanol–water partition coefficient (Wildman–Crippen LogP) is 4.62. The van der Waals surface area contributed by atoms with Gasteiger partial charge in [0.05, 0.1) is 28.9 Å². The molecule has 2 aliphatic heterocycles. The highest BCUT2D eigenvalue weighted by atomic mass is 32.2. The van der Waals surface area contributed by atoms with Crippen LogP contribution in [-0.2, 0) is 35.3 Å². The summed E-state index contributed by atoms with van der Waals surface area (Å²) in [5.74, 6) is 1.13. The molecule has 0 radical (unpaired) electrons. The van der Waals surface area contributed by atoms with Gasteiger partial charge in [-0.3, -0.25) is 24.4 Å². The highest BCUT2D eigenvalue weighted by Crippen LogP contribution is 2.23. The Kier molecular flexibility index (Phi) is 13.1. The minimum absolute atomic E-state index is 0.205. The molecule has 8 bridgehead atoms. The van der Waals surface area contributed by atoms with Crippen LogP contribution in [0.5, 0.6) is 0 Å². The number of nitrogens with zero attached hydrogens (tertiary/aromatic N) is 2. The third kappa shape index (κ3) is 9.46. The largest absolute Gasteiger partial charge is 0.355 e. The number of ketones is 1. The molecule has 3 atom stereocenters. The molecule has 5 rings (SSSR count). The number of nitrogens with two attached hydrogens (primary N) is 1. The molecule has 13 heteroatoms. The summed E-state index contributed by atoms with van der Waals surface area (Å²) in [6.07, 6.45) is 10.2. The van der Waals surface area contributed by atoms with Crippen LogP contribution in [0.1, 0.15) is 52.4 Å². The molecule has 6 N–H and O–H groups in total. The van der Waals surface area contributed by atoms with E-state index >= 15 is 0 Å². The topological polar surface area (TPSA) is 159 Å². The van der Waals surface area contributed by atoms with E-state index in [1.807, 2.05) is 55.2 Å². The Hall–Kier alpha value is -3.26. The van der Waals surface area contributed by atoms with Gasteiger partial charge in [-0.2, -0.15) is 35.3 Å². The third-order valence-electron chi connectivity index (χ3n) is 8.49. The molecule has 0 saturated heterocycles. The number of thioether (sulfide) groups is 3. The minimum atomic E-state index is -0.811. The fourth-order valence-electron chi connectivity index (χ4n) is 5.90. The van der Waals surface area contributed by atoms with E-state index in [4.69, 9.17) is 15.7 Å². The zero-order chi connectivity index (χ0) is 34.0. The van der Waals surface area contributed by atoms with Crippen molar-refractivity contribution >= 4 is 75.0 Å². The molecule has 0 spiro atoms. The standard InChI is InChI=1S/C35H45N7O3S3/c1-46-15-12-27(36)34(44)42-31(14-17-48-3)35(45)41-30(13-16-47-2)33(43)32-28-10-8-25(39-28)19-23-6-4-21(37-23)18-22-5-7-24(38-22)20-26-9-11-29(32)40-26/h4,6,9,11,18-20,27,30-31,37,40H,5,7-8,10,12-17,36H2,1-3H3,(H,41,45)(H,42,44)/t27-,30-,31-/m0/s1. The number of aryl methyl sites for hydroxylation is 4. The van der Waals surface area contributed by atoms with E-state index in [0.717, 1.165) is 52.2 Å². The quantitative estimate of drug-likeness (QED) is 0.142. The molecule has 0 aromatic carbocycles. The van der Waals surface area contributed by atoms with E-state index in [0.29, 0.717) is 60.4 Å². The molecule has 0 fully saturated rings. The van der Waals surface area contributed by atoms with Gasteiger partial charge < -0.3 is 26.3 Å². The van der Waals surface area contributed by atoms with Crippen molar-refractivity contribution in [3.63, 3.8) is 0 Å². The second-order valence-electron chi connectivity index (χ2n) is 12.1. The molecule has 3 aromatic rings. The molecule has 3 aromatic heterocycles. The normalized spacial score (nSPS) is 14.7. The number of rotatable bonds is 15. The number of nitrogens with one attached hydrogen (secondary N) is 4. The van der Waals surface area contributed by atoms with Gasteiger partial charge in [0.1, 0.15) is 6.04 Å². The van der Waals surface area contributed by atoms with E-state index in [1.54, 1.807) is 35.3 Å². The fraction of sp³-hybridized carbons (Fsp3) is 0.457. The zero-order valence-corrected chi connectivity index (χ0v) is 30.2. The Morgan fingerprint density at radius 3 is 1.88 bits per heavy atom. The first kappa shape index (κ1) is 36.0. The number of carbonyl (C=O) groups is 3. The number of carbonyl (C=O) groups excluding carboxylic acids is 3. The maximum Gasteiger partial charge on any atom is 0.243 e. The minimum Gasteiger partial charge on any atom is -0.355 e. The number of aromatic amines is 2. The number of aromatic nitrogens is 4. The number of H-pyrrole nitrogens is 2. The van der Waals surface area contributed by atoms with Gasteiger partial charge in [0.25, 0.3) is 0 Å². The Morgan fingerprint density at radius 2 is 1.23 bits per heavy atom. The van der Waals surface area contributed by atoms with Crippen molar-refractivity contribution in [2.75, 3.05) is 36.0 Å². The van der Waals surface area contributed by atoms with Crippen LogP contribution in [-0.4, -0.2) is 91.7 Å². The molecular formula is C35H45N7O3S3. The summed E-state index contributed by atoms with van der Waals surface area (Å²) >= 11 is 4.82. The van der Waals surface area contributed by atoms with E-state index < -0.39 is 18.1 Å². The molecule has 0 saturated carbocycles. The van der Waals surface area contributed by atoms with Gasteiger partial charge >= 0.3 is 0 Å². The third-order valence-corrected chi connectivity index (χ3v) is 10.4. The lowest BCUT2D eigenvalue weighted by molar-refractivity contribution is -0.129.